The molecule has 4 N–H and O–H groups in total. The van der Waals surface area contributed by atoms with Crippen LogP contribution in [0.1, 0.15) is 32.4 Å². The highest BCUT2D eigenvalue weighted by atomic mass is 16.7. The maximum atomic E-state index is 10.2. The summed E-state index contributed by atoms with van der Waals surface area (Å²) >= 11 is 0. The fourth-order valence-electron chi connectivity index (χ4n) is 2.97. The van der Waals surface area contributed by atoms with Crippen LogP contribution in [0, 0.1) is 5.92 Å². The molecule has 0 spiro atoms. The van der Waals surface area contributed by atoms with E-state index in [-0.39, 0.29) is 6.54 Å². The van der Waals surface area contributed by atoms with Gasteiger partial charge < -0.3 is 30.1 Å². The highest BCUT2D eigenvalue weighted by Crippen LogP contribution is 2.23. The molecule has 5 atom stereocenters. The van der Waals surface area contributed by atoms with Crippen LogP contribution in [0.5, 0.6) is 0 Å². The first-order chi connectivity index (χ1) is 12.4. The summed E-state index contributed by atoms with van der Waals surface area (Å²) in [7, 11) is 1.38. The second-order valence-corrected chi connectivity index (χ2v) is 7.19. The molecule has 1 aliphatic rings. The first-order valence-corrected chi connectivity index (χ1v) is 9.24. The lowest BCUT2D eigenvalue weighted by Crippen LogP contribution is -2.59. The minimum absolute atomic E-state index is 0.223. The Morgan fingerprint density at radius 3 is 2.69 bits per heavy atom. The molecule has 0 amide bonds. The van der Waals surface area contributed by atoms with Gasteiger partial charge in [0, 0.05) is 7.11 Å². The summed E-state index contributed by atoms with van der Waals surface area (Å²) in [5.41, 5.74) is 0.932. The van der Waals surface area contributed by atoms with Gasteiger partial charge in [-0.2, -0.15) is 0 Å². The van der Waals surface area contributed by atoms with Crippen LogP contribution in [-0.2, 0) is 22.4 Å². The van der Waals surface area contributed by atoms with E-state index in [1.165, 1.54) is 7.11 Å². The van der Waals surface area contributed by atoms with Gasteiger partial charge in [-0.15, -0.1) is 5.10 Å². The van der Waals surface area contributed by atoms with Crippen molar-refractivity contribution in [2.24, 2.45) is 5.92 Å². The number of rotatable bonds is 10. The number of ether oxygens (including phenoxy) is 2. The molecule has 0 saturated carbocycles. The highest BCUT2D eigenvalue weighted by molar-refractivity contribution is 4.96. The van der Waals surface area contributed by atoms with Crippen LogP contribution in [-0.4, -0.2) is 81.2 Å². The molecule has 9 heteroatoms. The van der Waals surface area contributed by atoms with E-state index >= 15 is 0 Å². The quantitative estimate of drug-likeness (QED) is 0.398. The minimum Gasteiger partial charge on any atom is -0.388 e. The van der Waals surface area contributed by atoms with Crippen LogP contribution in [0.4, 0.5) is 0 Å². The Labute approximate surface area is 154 Å². The van der Waals surface area contributed by atoms with E-state index in [1.54, 1.807) is 10.9 Å². The van der Waals surface area contributed by atoms with E-state index in [0.717, 1.165) is 38.0 Å². The number of aliphatic hydroxyl groups is 3. The number of aromatic nitrogens is 3. The average molecular weight is 372 g/mol. The molecule has 0 aromatic carbocycles. The van der Waals surface area contributed by atoms with Gasteiger partial charge in [0.25, 0.3) is 0 Å². The molecule has 0 bridgehead atoms. The molecule has 150 valence electrons. The predicted molar refractivity (Wildman–Crippen MR) is 94.4 cm³/mol. The van der Waals surface area contributed by atoms with Gasteiger partial charge in [0.2, 0.25) is 0 Å². The summed E-state index contributed by atoms with van der Waals surface area (Å²) in [6, 6.07) is 0. The van der Waals surface area contributed by atoms with Crippen LogP contribution in [0.3, 0.4) is 0 Å². The van der Waals surface area contributed by atoms with Crippen molar-refractivity contribution in [3.8, 4) is 0 Å². The zero-order chi connectivity index (χ0) is 19.1. The van der Waals surface area contributed by atoms with E-state index in [0.29, 0.717) is 5.92 Å². The lowest BCUT2D eigenvalue weighted by Gasteiger charge is -2.39. The summed E-state index contributed by atoms with van der Waals surface area (Å²) in [6.45, 7) is 6.56. The molecular formula is C17H32N4O5. The minimum atomic E-state index is -1.34. The highest BCUT2D eigenvalue weighted by Gasteiger charge is 2.44. The van der Waals surface area contributed by atoms with Crippen molar-refractivity contribution in [3.05, 3.63) is 11.9 Å². The molecule has 26 heavy (non-hydrogen) atoms. The van der Waals surface area contributed by atoms with Crippen LogP contribution in [0.25, 0.3) is 0 Å². The molecular weight excluding hydrogens is 340 g/mol. The molecule has 0 aliphatic carbocycles. The number of aliphatic hydroxyl groups excluding tert-OH is 3. The second kappa shape index (κ2) is 10.3. The Kier molecular flexibility index (Phi) is 8.39. The van der Waals surface area contributed by atoms with Crippen LogP contribution in [0.15, 0.2) is 6.20 Å². The molecule has 1 aromatic heterocycles. The van der Waals surface area contributed by atoms with Gasteiger partial charge in [-0.3, -0.25) is 0 Å². The zero-order valence-electron chi connectivity index (χ0n) is 15.8. The summed E-state index contributed by atoms with van der Waals surface area (Å²) < 4.78 is 12.2. The fraction of sp³-hybridized carbons (Fsp3) is 0.882. The van der Waals surface area contributed by atoms with Crippen molar-refractivity contribution in [1.82, 2.24) is 20.3 Å². The van der Waals surface area contributed by atoms with Crippen molar-refractivity contribution >= 4 is 0 Å². The number of aryl methyl sites for hydroxylation is 1. The predicted octanol–water partition coefficient (Wildman–Crippen LogP) is -0.700. The Balaban J connectivity index is 1.84. The Morgan fingerprint density at radius 2 is 2.00 bits per heavy atom. The fourth-order valence-corrected chi connectivity index (χ4v) is 2.97. The number of methoxy groups -OCH3 is 1. The summed E-state index contributed by atoms with van der Waals surface area (Å²) in [5.74, 6) is 0.694. The third-order valence-electron chi connectivity index (χ3n) is 4.64. The van der Waals surface area contributed by atoms with E-state index in [4.69, 9.17) is 9.47 Å². The van der Waals surface area contributed by atoms with Crippen molar-refractivity contribution in [1.29, 1.82) is 0 Å². The van der Waals surface area contributed by atoms with Crippen molar-refractivity contribution in [3.63, 3.8) is 0 Å². The summed E-state index contributed by atoms with van der Waals surface area (Å²) in [6.07, 6.45) is -1.00. The van der Waals surface area contributed by atoms with Crippen LogP contribution >= 0.6 is 0 Å². The number of hydrogen-bond acceptors (Lipinski definition) is 8. The van der Waals surface area contributed by atoms with Crippen LogP contribution in [0.2, 0.25) is 0 Å². The first kappa shape index (κ1) is 21.2. The molecule has 1 saturated heterocycles. The molecule has 2 heterocycles. The van der Waals surface area contributed by atoms with Gasteiger partial charge in [0.1, 0.15) is 24.4 Å². The van der Waals surface area contributed by atoms with E-state index in [2.05, 4.69) is 29.5 Å². The summed E-state index contributed by atoms with van der Waals surface area (Å²) in [4.78, 5) is 0. The molecule has 1 aromatic rings. The number of hydrogen-bond donors (Lipinski definition) is 4. The van der Waals surface area contributed by atoms with Crippen molar-refractivity contribution in [2.45, 2.75) is 70.4 Å². The third-order valence-corrected chi connectivity index (χ3v) is 4.64. The van der Waals surface area contributed by atoms with Gasteiger partial charge >= 0.3 is 0 Å². The molecule has 5 unspecified atom stereocenters. The van der Waals surface area contributed by atoms with Crippen LogP contribution < -0.4 is 5.32 Å². The third kappa shape index (κ3) is 5.70. The average Bonchev–Trinajstić information content (AvgIpc) is 3.05. The Bertz CT molecular complexity index is 525. The normalized spacial score (nSPS) is 29.4. The molecule has 1 fully saturated rings. The lowest BCUT2D eigenvalue weighted by atomic mass is 9.99. The smallest absolute Gasteiger partial charge is 0.186 e. The Hall–Kier alpha value is -1.10. The van der Waals surface area contributed by atoms with Crippen molar-refractivity contribution in [2.75, 3.05) is 20.2 Å². The van der Waals surface area contributed by atoms with Gasteiger partial charge in [-0.1, -0.05) is 19.1 Å². The Morgan fingerprint density at radius 1 is 1.23 bits per heavy atom. The standard InChI is InChI=1S/C17H32N4O5/c1-11(2)6-8-18-7-4-5-12-9-19-20-21(12)10-13-14(22)15(23)16(24)17(25-3)26-13/h9,11,13-18,22-24H,4-8,10H2,1-3H3. The molecule has 9 nitrogen and oxygen atoms in total. The van der Waals surface area contributed by atoms with E-state index < -0.39 is 30.7 Å². The SMILES string of the molecule is COC1OC(Cn2nncc2CCCNCCC(C)C)C(O)C(O)C1O. The maximum absolute atomic E-state index is 10.2. The topological polar surface area (TPSA) is 122 Å². The van der Waals surface area contributed by atoms with Gasteiger partial charge in [0.05, 0.1) is 18.4 Å². The van der Waals surface area contributed by atoms with Gasteiger partial charge in [-0.05, 0) is 38.3 Å². The lowest BCUT2D eigenvalue weighted by molar-refractivity contribution is -0.292. The number of nitrogens with one attached hydrogen (secondary N) is 1. The van der Waals surface area contributed by atoms with E-state index in [9.17, 15) is 15.3 Å². The zero-order valence-corrected chi connectivity index (χ0v) is 15.8. The first-order valence-electron chi connectivity index (χ1n) is 9.24. The number of nitrogens with zero attached hydrogens (tertiary/aromatic N) is 3. The summed E-state index contributed by atoms with van der Waals surface area (Å²) in [5, 5.41) is 41.4. The second-order valence-electron chi connectivity index (χ2n) is 7.19. The van der Waals surface area contributed by atoms with Gasteiger partial charge in [0.15, 0.2) is 6.29 Å². The maximum Gasteiger partial charge on any atom is 0.186 e. The van der Waals surface area contributed by atoms with Crippen molar-refractivity contribution < 1.29 is 24.8 Å². The molecule has 0 radical (unpaired) electrons. The van der Waals surface area contributed by atoms with Gasteiger partial charge in [-0.25, -0.2) is 4.68 Å². The molecule has 1 aliphatic heterocycles. The van der Waals surface area contributed by atoms with E-state index in [1.807, 2.05) is 0 Å². The monoisotopic (exact) mass is 372 g/mol. The molecule has 2 rings (SSSR count). The largest absolute Gasteiger partial charge is 0.388 e.